The number of halogens is 1. The van der Waals surface area contributed by atoms with Crippen LogP contribution in [0.4, 0.5) is 0 Å². The Morgan fingerprint density at radius 2 is 1.93 bits per heavy atom. The molecule has 0 N–H and O–H groups in total. The van der Waals surface area contributed by atoms with Gasteiger partial charge in [-0.2, -0.15) is 0 Å². The fraction of sp³-hybridized carbons (Fsp3) is 0.429. The van der Waals surface area contributed by atoms with Crippen LogP contribution in [0.2, 0.25) is 5.02 Å². The Hall–Kier alpha value is -0.750. The van der Waals surface area contributed by atoms with Crippen LogP contribution in [0.15, 0.2) is 23.8 Å². The molecule has 0 bridgehead atoms. The molecule has 0 saturated heterocycles. The molecule has 0 aliphatic rings. The molecule has 0 nitrogen and oxygen atoms in total. The Labute approximate surface area is 98.0 Å². The summed E-state index contributed by atoms with van der Waals surface area (Å²) in [5.74, 6) is 0. The molecular formula is C14H19Cl. The van der Waals surface area contributed by atoms with Crippen molar-refractivity contribution >= 4 is 17.2 Å². The molecule has 0 unspecified atom stereocenters. The van der Waals surface area contributed by atoms with Gasteiger partial charge in [0.1, 0.15) is 0 Å². The van der Waals surface area contributed by atoms with Crippen LogP contribution in [0.5, 0.6) is 0 Å². The van der Waals surface area contributed by atoms with Crippen LogP contribution >= 0.6 is 11.6 Å². The van der Waals surface area contributed by atoms with Gasteiger partial charge in [-0.05, 0) is 56.0 Å². The molecule has 0 aliphatic carbocycles. The topological polar surface area (TPSA) is 0 Å². The van der Waals surface area contributed by atoms with Crippen molar-refractivity contribution in [3.05, 3.63) is 39.9 Å². The molecule has 0 aromatic heterocycles. The highest BCUT2D eigenvalue weighted by molar-refractivity contribution is 6.30. The van der Waals surface area contributed by atoms with Crippen molar-refractivity contribution in [2.75, 3.05) is 0 Å². The summed E-state index contributed by atoms with van der Waals surface area (Å²) in [7, 11) is 0. The van der Waals surface area contributed by atoms with Crippen LogP contribution in [-0.4, -0.2) is 0 Å². The minimum atomic E-state index is 0.819. The average molecular weight is 223 g/mol. The monoisotopic (exact) mass is 222 g/mol. The van der Waals surface area contributed by atoms with Crippen molar-refractivity contribution in [3.63, 3.8) is 0 Å². The van der Waals surface area contributed by atoms with Crippen molar-refractivity contribution in [1.29, 1.82) is 0 Å². The Morgan fingerprint density at radius 1 is 1.27 bits per heavy atom. The fourth-order valence-electron chi connectivity index (χ4n) is 1.79. The summed E-state index contributed by atoms with van der Waals surface area (Å²) in [6.45, 7) is 8.73. The zero-order valence-corrected chi connectivity index (χ0v) is 10.8. The van der Waals surface area contributed by atoms with Gasteiger partial charge in [0.05, 0.1) is 0 Å². The van der Waals surface area contributed by atoms with E-state index < -0.39 is 0 Å². The summed E-state index contributed by atoms with van der Waals surface area (Å²) in [4.78, 5) is 0. The second-order valence-electron chi connectivity index (χ2n) is 4.11. The zero-order chi connectivity index (χ0) is 11.4. The minimum absolute atomic E-state index is 0.819. The third-order valence-corrected chi connectivity index (χ3v) is 3.10. The maximum Gasteiger partial charge on any atom is 0.0412 e. The van der Waals surface area contributed by atoms with Crippen molar-refractivity contribution in [1.82, 2.24) is 0 Å². The van der Waals surface area contributed by atoms with E-state index in [1.807, 2.05) is 6.07 Å². The lowest BCUT2D eigenvalue weighted by molar-refractivity contribution is 0.906. The first-order valence-electron chi connectivity index (χ1n) is 5.49. The van der Waals surface area contributed by atoms with Gasteiger partial charge < -0.3 is 0 Å². The predicted octanol–water partition coefficient (Wildman–Crippen LogP) is 5.24. The Morgan fingerprint density at radius 3 is 2.53 bits per heavy atom. The van der Waals surface area contributed by atoms with E-state index >= 15 is 0 Å². The first-order chi connectivity index (χ1) is 7.06. The van der Waals surface area contributed by atoms with E-state index in [0.29, 0.717) is 0 Å². The van der Waals surface area contributed by atoms with Crippen molar-refractivity contribution in [3.8, 4) is 0 Å². The molecule has 1 aromatic carbocycles. The minimum Gasteiger partial charge on any atom is -0.0843 e. The van der Waals surface area contributed by atoms with Gasteiger partial charge in [-0.25, -0.2) is 0 Å². The van der Waals surface area contributed by atoms with Crippen LogP contribution in [0.3, 0.4) is 0 Å². The van der Waals surface area contributed by atoms with Gasteiger partial charge in [0.15, 0.2) is 0 Å². The molecule has 0 atom stereocenters. The zero-order valence-electron chi connectivity index (χ0n) is 10.0. The molecule has 1 aromatic rings. The van der Waals surface area contributed by atoms with Crippen LogP contribution < -0.4 is 0 Å². The molecule has 0 spiro atoms. The standard InChI is InChI=1S/C14H19Cl/c1-5-6-10(2)12(4)14-9-13(15)8-7-11(14)3/h7-9H,5-6H2,1-4H3. The number of hydrogen-bond acceptors (Lipinski definition) is 0. The first-order valence-corrected chi connectivity index (χ1v) is 5.87. The van der Waals surface area contributed by atoms with Gasteiger partial charge in [-0.15, -0.1) is 0 Å². The maximum absolute atomic E-state index is 6.02. The average Bonchev–Trinajstić information content (AvgIpc) is 2.21. The van der Waals surface area contributed by atoms with Gasteiger partial charge >= 0.3 is 0 Å². The van der Waals surface area contributed by atoms with Gasteiger partial charge in [0.2, 0.25) is 0 Å². The SMILES string of the molecule is CCCC(C)=C(C)c1cc(Cl)ccc1C. The summed E-state index contributed by atoms with van der Waals surface area (Å²) < 4.78 is 0. The van der Waals surface area contributed by atoms with Crippen LogP contribution in [0.25, 0.3) is 5.57 Å². The second kappa shape index (κ2) is 5.37. The predicted molar refractivity (Wildman–Crippen MR) is 69.4 cm³/mol. The molecular weight excluding hydrogens is 204 g/mol. The van der Waals surface area contributed by atoms with E-state index in [4.69, 9.17) is 11.6 Å². The van der Waals surface area contributed by atoms with Gasteiger partial charge in [-0.3, -0.25) is 0 Å². The maximum atomic E-state index is 6.02. The third-order valence-electron chi connectivity index (χ3n) is 2.87. The Balaban J connectivity index is 3.15. The molecule has 82 valence electrons. The molecule has 0 saturated carbocycles. The Kier molecular flexibility index (Phi) is 4.41. The van der Waals surface area contributed by atoms with Gasteiger partial charge in [0, 0.05) is 5.02 Å². The Bertz CT molecular complexity index is 375. The quantitative estimate of drug-likeness (QED) is 0.656. The van der Waals surface area contributed by atoms with E-state index in [9.17, 15) is 0 Å². The normalized spacial score (nSPS) is 12.6. The van der Waals surface area contributed by atoms with Crippen LogP contribution in [0.1, 0.15) is 44.7 Å². The van der Waals surface area contributed by atoms with Crippen molar-refractivity contribution < 1.29 is 0 Å². The lowest BCUT2D eigenvalue weighted by atomic mass is 9.96. The highest BCUT2D eigenvalue weighted by Gasteiger charge is 2.04. The fourth-order valence-corrected chi connectivity index (χ4v) is 1.96. The molecule has 1 rings (SSSR count). The van der Waals surface area contributed by atoms with Gasteiger partial charge in [-0.1, -0.05) is 36.6 Å². The lowest BCUT2D eigenvalue weighted by Gasteiger charge is -2.10. The number of allylic oxidation sites excluding steroid dienone is 2. The van der Waals surface area contributed by atoms with Crippen LogP contribution in [0, 0.1) is 6.92 Å². The number of hydrogen-bond donors (Lipinski definition) is 0. The van der Waals surface area contributed by atoms with Crippen LogP contribution in [-0.2, 0) is 0 Å². The van der Waals surface area contributed by atoms with Crippen molar-refractivity contribution in [2.45, 2.75) is 40.5 Å². The molecule has 0 radical (unpaired) electrons. The van der Waals surface area contributed by atoms with E-state index in [-0.39, 0.29) is 0 Å². The molecule has 0 amide bonds. The van der Waals surface area contributed by atoms with Gasteiger partial charge in [0.25, 0.3) is 0 Å². The molecule has 0 fully saturated rings. The summed E-state index contributed by atoms with van der Waals surface area (Å²) in [6, 6.07) is 6.09. The summed E-state index contributed by atoms with van der Waals surface area (Å²) in [5.41, 5.74) is 5.42. The smallest absolute Gasteiger partial charge is 0.0412 e. The summed E-state index contributed by atoms with van der Waals surface area (Å²) in [5, 5.41) is 0.819. The molecule has 0 heterocycles. The number of aryl methyl sites for hydroxylation is 1. The largest absolute Gasteiger partial charge is 0.0843 e. The highest BCUT2D eigenvalue weighted by Crippen LogP contribution is 2.26. The van der Waals surface area contributed by atoms with E-state index in [1.165, 1.54) is 28.7 Å². The molecule has 1 heteroatoms. The van der Waals surface area contributed by atoms with E-state index in [1.54, 1.807) is 0 Å². The molecule has 15 heavy (non-hydrogen) atoms. The lowest BCUT2D eigenvalue weighted by Crippen LogP contribution is -1.89. The first kappa shape index (κ1) is 12.3. The second-order valence-corrected chi connectivity index (χ2v) is 4.55. The van der Waals surface area contributed by atoms with E-state index in [0.717, 1.165) is 11.4 Å². The third kappa shape index (κ3) is 3.10. The highest BCUT2D eigenvalue weighted by atomic mass is 35.5. The summed E-state index contributed by atoms with van der Waals surface area (Å²) in [6.07, 6.45) is 2.36. The summed E-state index contributed by atoms with van der Waals surface area (Å²) >= 11 is 6.02. The number of benzene rings is 1. The van der Waals surface area contributed by atoms with E-state index in [2.05, 4.69) is 39.8 Å². The molecule has 0 aliphatic heterocycles. The van der Waals surface area contributed by atoms with Crippen molar-refractivity contribution in [2.24, 2.45) is 0 Å². The number of rotatable bonds is 3.